The van der Waals surface area contributed by atoms with Crippen molar-refractivity contribution in [3.05, 3.63) is 84.4 Å². The van der Waals surface area contributed by atoms with Gasteiger partial charge in [-0.3, -0.25) is 4.90 Å². The maximum absolute atomic E-state index is 12.9. The fraction of sp³-hybridized carbons (Fsp3) is 0.300. The minimum Gasteiger partial charge on any atom is -0.444 e. The zero-order valence-electron chi connectivity index (χ0n) is 20.4. The van der Waals surface area contributed by atoms with Crippen LogP contribution in [-0.4, -0.2) is 46.5 Å². The van der Waals surface area contributed by atoms with Gasteiger partial charge in [0.05, 0.1) is 36.3 Å². The van der Waals surface area contributed by atoms with E-state index in [0.29, 0.717) is 13.2 Å². The standard InChI is InChI=1S/C30H30N2O3/c1-30(2,3)35-29(33)31-23-16-21(17-24(31)19-34-18-23)20-12-14-22(15-13-20)32-27-10-6-4-8-25(27)26-9-5-7-11-28(26)32/h4-16,23-24H,17-19H2,1-3H3. The number of fused-ring (bicyclic) bond motifs is 5. The van der Waals surface area contributed by atoms with E-state index in [-0.39, 0.29) is 18.2 Å². The predicted octanol–water partition coefficient (Wildman–Crippen LogP) is 6.58. The van der Waals surface area contributed by atoms with Crippen molar-refractivity contribution >= 4 is 33.5 Å². The van der Waals surface area contributed by atoms with Crippen LogP contribution in [0, 0.1) is 0 Å². The molecule has 3 heterocycles. The molecule has 0 spiro atoms. The normalized spacial score (nSPS) is 20.2. The van der Waals surface area contributed by atoms with Gasteiger partial charge in [0.2, 0.25) is 0 Å². The topological polar surface area (TPSA) is 43.7 Å². The van der Waals surface area contributed by atoms with Crippen LogP contribution in [-0.2, 0) is 9.47 Å². The van der Waals surface area contributed by atoms with Crippen LogP contribution >= 0.6 is 0 Å². The van der Waals surface area contributed by atoms with Gasteiger partial charge in [-0.1, -0.05) is 54.6 Å². The molecular formula is C30H30N2O3. The molecule has 2 aliphatic heterocycles. The molecule has 5 heteroatoms. The number of carbonyl (C=O) groups is 1. The van der Waals surface area contributed by atoms with E-state index in [4.69, 9.17) is 9.47 Å². The lowest BCUT2D eigenvalue weighted by molar-refractivity contribution is -0.0510. The van der Waals surface area contributed by atoms with Crippen molar-refractivity contribution < 1.29 is 14.3 Å². The number of para-hydroxylation sites is 2. The lowest BCUT2D eigenvalue weighted by Gasteiger charge is -2.44. The summed E-state index contributed by atoms with van der Waals surface area (Å²) in [7, 11) is 0. The molecule has 2 bridgehead atoms. The molecule has 1 amide bonds. The maximum atomic E-state index is 12.9. The summed E-state index contributed by atoms with van der Waals surface area (Å²) in [5, 5.41) is 2.52. The summed E-state index contributed by atoms with van der Waals surface area (Å²) >= 11 is 0. The largest absolute Gasteiger partial charge is 0.444 e. The van der Waals surface area contributed by atoms with Crippen LogP contribution in [0.4, 0.5) is 4.79 Å². The molecule has 1 fully saturated rings. The molecular weight excluding hydrogens is 436 g/mol. The molecule has 2 unspecified atom stereocenters. The average Bonchev–Trinajstić information content (AvgIpc) is 3.17. The quantitative estimate of drug-likeness (QED) is 0.335. The van der Waals surface area contributed by atoms with Gasteiger partial charge in [-0.05, 0) is 62.6 Å². The second-order valence-electron chi connectivity index (χ2n) is 10.5. The summed E-state index contributed by atoms with van der Waals surface area (Å²) in [4.78, 5) is 14.7. The highest BCUT2D eigenvalue weighted by Crippen LogP contribution is 2.35. The lowest BCUT2D eigenvalue weighted by atomic mass is 9.90. The SMILES string of the molecule is CC(C)(C)OC(=O)N1C2C=C(c3ccc(-n4c5ccccc5c5ccccc54)cc3)CC1COC2. The van der Waals surface area contributed by atoms with Crippen LogP contribution in [0.2, 0.25) is 0 Å². The first-order valence-corrected chi connectivity index (χ1v) is 12.3. The monoisotopic (exact) mass is 466 g/mol. The zero-order valence-corrected chi connectivity index (χ0v) is 20.4. The molecule has 1 aromatic heterocycles. The number of ether oxygens (including phenoxy) is 2. The third kappa shape index (κ3) is 3.90. The van der Waals surface area contributed by atoms with Crippen molar-refractivity contribution in [1.82, 2.24) is 9.47 Å². The van der Waals surface area contributed by atoms with E-state index in [9.17, 15) is 4.79 Å². The number of hydrogen-bond acceptors (Lipinski definition) is 3. The number of aromatic nitrogens is 1. The Kier molecular flexibility index (Phi) is 5.19. The Morgan fingerprint density at radius 1 is 0.886 bits per heavy atom. The minimum absolute atomic E-state index is 0.0133. The van der Waals surface area contributed by atoms with Crippen LogP contribution in [0.5, 0.6) is 0 Å². The highest BCUT2D eigenvalue weighted by molar-refractivity contribution is 6.09. The first kappa shape index (κ1) is 21.9. The van der Waals surface area contributed by atoms with E-state index in [0.717, 1.165) is 12.1 Å². The van der Waals surface area contributed by atoms with E-state index in [1.54, 1.807) is 0 Å². The molecule has 35 heavy (non-hydrogen) atoms. The summed E-state index contributed by atoms with van der Waals surface area (Å²) in [6, 6.07) is 25.8. The van der Waals surface area contributed by atoms with Gasteiger partial charge in [-0.25, -0.2) is 4.79 Å². The van der Waals surface area contributed by atoms with Gasteiger partial charge in [-0.2, -0.15) is 0 Å². The first-order chi connectivity index (χ1) is 16.9. The van der Waals surface area contributed by atoms with Crippen molar-refractivity contribution in [2.45, 2.75) is 44.9 Å². The van der Waals surface area contributed by atoms with Gasteiger partial charge in [0, 0.05) is 16.5 Å². The van der Waals surface area contributed by atoms with E-state index in [2.05, 4.69) is 83.4 Å². The van der Waals surface area contributed by atoms with Crippen molar-refractivity contribution in [3.63, 3.8) is 0 Å². The van der Waals surface area contributed by atoms with Crippen LogP contribution in [0.25, 0.3) is 33.1 Å². The molecule has 0 saturated carbocycles. The van der Waals surface area contributed by atoms with Gasteiger partial charge in [0.1, 0.15) is 5.60 Å². The molecule has 4 aromatic rings. The van der Waals surface area contributed by atoms with E-state index in [1.807, 2.05) is 25.7 Å². The van der Waals surface area contributed by atoms with Crippen LogP contribution in [0.15, 0.2) is 78.9 Å². The summed E-state index contributed by atoms with van der Waals surface area (Å²) in [6.07, 6.45) is 2.67. The third-order valence-corrected chi connectivity index (χ3v) is 6.88. The summed E-state index contributed by atoms with van der Waals surface area (Å²) in [5.74, 6) is 0. The van der Waals surface area contributed by atoms with Gasteiger partial charge >= 0.3 is 6.09 Å². The third-order valence-electron chi connectivity index (χ3n) is 6.88. The smallest absolute Gasteiger partial charge is 0.411 e. The van der Waals surface area contributed by atoms with Gasteiger partial charge < -0.3 is 14.0 Å². The number of nitrogens with zero attached hydrogens (tertiary/aromatic N) is 2. The molecule has 3 aromatic carbocycles. The molecule has 178 valence electrons. The minimum atomic E-state index is -0.515. The lowest BCUT2D eigenvalue weighted by Crippen LogP contribution is -2.57. The van der Waals surface area contributed by atoms with Crippen LogP contribution in [0.3, 0.4) is 0 Å². The molecule has 1 saturated heterocycles. The average molecular weight is 467 g/mol. The van der Waals surface area contributed by atoms with Gasteiger partial charge in [0.25, 0.3) is 0 Å². The first-order valence-electron chi connectivity index (χ1n) is 12.3. The van der Waals surface area contributed by atoms with Gasteiger partial charge in [-0.15, -0.1) is 0 Å². The molecule has 5 nitrogen and oxygen atoms in total. The summed E-state index contributed by atoms with van der Waals surface area (Å²) in [6.45, 7) is 6.74. The van der Waals surface area contributed by atoms with Crippen LogP contribution in [0.1, 0.15) is 32.8 Å². The number of carbonyl (C=O) groups excluding carboxylic acids is 1. The number of hydrogen-bond donors (Lipinski definition) is 0. The zero-order chi connectivity index (χ0) is 24.2. The second-order valence-corrected chi connectivity index (χ2v) is 10.5. The molecule has 2 atom stereocenters. The number of amides is 1. The van der Waals surface area contributed by atoms with Gasteiger partial charge in [0.15, 0.2) is 0 Å². The Morgan fingerprint density at radius 3 is 2.11 bits per heavy atom. The van der Waals surface area contributed by atoms with Crippen molar-refractivity contribution in [3.8, 4) is 5.69 Å². The van der Waals surface area contributed by atoms with Crippen molar-refractivity contribution in [1.29, 1.82) is 0 Å². The molecule has 0 N–H and O–H groups in total. The molecule has 6 rings (SSSR count). The number of morpholine rings is 1. The summed E-state index contributed by atoms with van der Waals surface area (Å²) < 4.78 is 13.8. The van der Waals surface area contributed by atoms with E-state index >= 15 is 0 Å². The van der Waals surface area contributed by atoms with Crippen LogP contribution < -0.4 is 0 Å². The fourth-order valence-corrected chi connectivity index (χ4v) is 5.43. The number of rotatable bonds is 2. The Morgan fingerprint density at radius 2 is 1.51 bits per heavy atom. The van der Waals surface area contributed by atoms with Crippen molar-refractivity contribution in [2.24, 2.45) is 0 Å². The van der Waals surface area contributed by atoms with E-state index < -0.39 is 5.60 Å². The molecule has 0 aliphatic carbocycles. The highest BCUT2D eigenvalue weighted by Gasteiger charge is 2.40. The summed E-state index contributed by atoms with van der Waals surface area (Å²) in [5.41, 5.74) is 5.49. The Labute approximate surface area is 205 Å². The molecule has 0 radical (unpaired) electrons. The fourth-order valence-electron chi connectivity index (χ4n) is 5.43. The Hall–Kier alpha value is -3.57. The Balaban J connectivity index is 1.33. The van der Waals surface area contributed by atoms with E-state index in [1.165, 1.54) is 32.9 Å². The highest BCUT2D eigenvalue weighted by atomic mass is 16.6. The number of benzene rings is 3. The second kappa shape index (κ2) is 8.28. The maximum Gasteiger partial charge on any atom is 0.411 e. The Bertz CT molecular complexity index is 1390. The van der Waals surface area contributed by atoms with Crippen molar-refractivity contribution in [2.75, 3.05) is 13.2 Å². The molecule has 2 aliphatic rings. The predicted molar refractivity (Wildman–Crippen MR) is 140 cm³/mol.